The highest BCUT2D eigenvalue weighted by atomic mass is 35.5. The maximum absolute atomic E-state index is 12.3. The maximum Gasteiger partial charge on any atom is 0.222 e. The van der Waals surface area contributed by atoms with Crippen LogP contribution < -0.4 is 4.90 Å². The highest BCUT2D eigenvalue weighted by Crippen LogP contribution is 2.24. The van der Waals surface area contributed by atoms with Crippen LogP contribution in [0.5, 0.6) is 0 Å². The smallest absolute Gasteiger partial charge is 0.222 e. The largest absolute Gasteiger partial charge is 0.351 e. The third-order valence-corrected chi connectivity index (χ3v) is 5.06. The average Bonchev–Trinajstić information content (AvgIpc) is 3.12. The lowest BCUT2D eigenvalue weighted by atomic mass is 10.1. The molecule has 1 saturated heterocycles. The number of halogens is 1. The van der Waals surface area contributed by atoms with E-state index >= 15 is 0 Å². The number of carbonyl (C=O) groups is 1. The van der Waals surface area contributed by atoms with Crippen LogP contribution in [0.1, 0.15) is 20.3 Å². The monoisotopic (exact) mass is 399 g/mol. The fraction of sp³-hybridized carbons (Fsp3) is 0.421. The van der Waals surface area contributed by atoms with Crippen molar-refractivity contribution in [3.05, 3.63) is 35.6 Å². The van der Waals surface area contributed by atoms with E-state index in [0.29, 0.717) is 54.7 Å². The van der Waals surface area contributed by atoms with Gasteiger partial charge in [0.1, 0.15) is 6.33 Å². The number of fused-ring (bicyclic) bond motifs is 1. The number of hydrogen-bond donors (Lipinski definition) is 0. The zero-order chi connectivity index (χ0) is 19.7. The van der Waals surface area contributed by atoms with Crippen molar-refractivity contribution in [2.24, 2.45) is 5.92 Å². The molecule has 0 bridgehead atoms. The zero-order valence-corrected chi connectivity index (χ0v) is 16.7. The van der Waals surface area contributed by atoms with E-state index in [0.717, 1.165) is 11.5 Å². The molecule has 0 atom stereocenters. The Balaban J connectivity index is 1.56. The Bertz CT molecular complexity index is 978. The van der Waals surface area contributed by atoms with Crippen molar-refractivity contribution in [2.75, 3.05) is 31.1 Å². The summed E-state index contributed by atoms with van der Waals surface area (Å²) in [6.07, 6.45) is 2.12. The van der Waals surface area contributed by atoms with Gasteiger partial charge in [-0.05, 0) is 30.2 Å². The van der Waals surface area contributed by atoms with Crippen LogP contribution >= 0.6 is 11.6 Å². The van der Waals surface area contributed by atoms with E-state index in [1.165, 1.54) is 6.33 Å². The first-order valence-corrected chi connectivity index (χ1v) is 9.76. The van der Waals surface area contributed by atoms with E-state index in [1.807, 2.05) is 17.0 Å². The molecule has 3 heterocycles. The van der Waals surface area contributed by atoms with Crippen molar-refractivity contribution in [3.8, 4) is 5.69 Å². The first-order chi connectivity index (χ1) is 13.5. The molecule has 0 saturated carbocycles. The standard InChI is InChI=1S/C19H22ClN7O/c1-13(2)11-16(28)25-7-9-26(10-8-25)18-17-19(22-12-21-18)27(24-23-17)15-5-3-14(20)4-6-15/h3-6,12-13H,7-11H2,1-2H3. The molecule has 0 spiro atoms. The molecule has 146 valence electrons. The van der Waals surface area contributed by atoms with E-state index < -0.39 is 0 Å². The number of aromatic nitrogens is 5. The van der Waals surface area contributed by atoms with E-state index in [9.17, 15) is 4.79 Å². The quantitative estimate of drug-likeness (QED) is 0.670. The van der Waals surface area contributed by atoms with Gasteiger partial charge in [-0.3, -0.25) is 4.79 Å². The summed E-state index contributed by atoms with van der Waals surface area (Å²) < 4.78 is 1.68. The molecule has 3 aromatic rings. The summed E-state index contributed by atoms with van der Waals surface area (Å²) in [5, 5.41) is 9.24. The Morgan fingerprint density at radius 2 is 1.82 bits per heavy atom. The Morgan fingerprint density at radius 1 is 1.11 bits per heavy atom. The van der Waals surface area contributed by atoms with Gasteiger partial charge in [-0.2, -0.15) is 4.68 Å². The van der Waals surface area contributed by atoms with Crippen LogP contribution in [-0.2, 0) is 4.79 Å². The van der Waals surface area contributed by atoms with Gasteiger partial charge in [-0.25, -0.2) is 9.97 Å². The molecule has 8 nitrogen and oxygen atoms in total. The predicted molar refractivity (Wildman–Crippen MR) is 108 cm³/mol. The number of carbonyl (C=O) groups excluding carboxylic acids is 1. The third-order valence-electron chi connectivity index (χ3n) is 4.80. The Morgan fingerprint density at radius 3 is 2.50 bits per heavy atom. The van der Waals surface area contributed by atoms with Crippen LogP contribution in [0.25, 0.3) is 16.9 Å². The summed E-state index contributed by atoms with van der Waals surface area (Å²) in [6.45, 7) is 6.92. The van der Waals surface area contributed by atoms with Crippen molar-refractivity contribution >= 4 is 34.5 Å². The van der Waals surface area contributed by atoms with Gasteiger partial charge in [0.25, 0.3) is 0 Å². The van der Waals surface area contributed by atoms with Crippen molar-refractivity contribution in [1.82, 2.24) is 29.9 Å². The normalized spacial score (nSPS) is 14.9. The van der Waals surface area contributed by atoms with Crippen LogP contribution in [0, 0.1) is 5.92 Å². The van der Waals surface area contributed by atoms with Crippen molar-refractivity contribution in [2.45, 2.75) is 20.3 Å². The fourth-order valence-corrected chi connectivity index (χ4v) is 3.50. The van der Waals surface area contributed by atoms with Crippen molar-refractivity contribution in [3.63, 3.8) is 0 Å². The van der Waals surface area contributed by atoms with Crippen LogP contribution in [0.2, 0.25) is 5.02 Å². The first-order valence-electron chi connectivity index (χ1n) is 9.38. The lowest BCUT2D eigenvalue weighted by molar-refractivity contribution is -0.132. The number of amides is 1. The van der Waals surface area contributed by atoms with Gasteiger partial charge in [0.05, 0.1) is 5.69 Å². The summed E-state index contributed by atoms with van der Waals surface area (Å²) in [7, 11) is 0. The summed E-state index contributed by atoms with van der Waals surface area (Å²) in [4.78, 5) is 25.2. The second-order valence-electron chi connectivity index (χ2n) is 7.31. The molecule has 0 radical (unpaired) electrons. The minimum Gasteiger partial charge on any atom is -0.351 e. The van der Waals surface area contributed by atoms with Gasteiger partial charge < -0.3 is 9.80 Å². The summed E-state index contributed by atoms with van der Waals surface area (Å²) in [6, 6.07) is 7.36. The van der Waals surface area contributed by atoms with E-state index in [-0.39, 0.29) is 5.91 Å². The topological polar surface area (TPSA) is 80.0 Å². The molecular weight excluding hydrogens is 378 g/mol. The highest BCUT2D eigenvalue weighted by Gasteiger charge is 2.25. The van der Waals surface area contributed by atoms with Gasteiger partial charge in [-0.15, -0.1) is 5.10 Å². The molecule has 9 heteroatoms. The summed E-state index contributed by atoms with van der Waals surface area (Å²) in [5.41, 5.74) is 2.13. The molecule has 1 aromatic carbocycles. The molecule has 0 N–H and O–H groups in total. The molecule has 0 aliphatic carbocycles. The summed E-state index contributed by atoms with van der Waals surface area (Å²) in [5.74, 6) is 1.34. The van der Waals surface area contributed by atoms with E-state index in [4.69, 9.17) is 11.6 Å². The van der Waals surface area contributed by atoms with Gasteiger partial charge >= 0.3 is 0 Å². The molecule has 28 heavy (non-hydrogen) atoms. The molecule has 4 rings (SSSR count). The molecular formula is C19H22ClN7O. The SMILES string of the molecule is CC(C)CC(=O)N1CCN(c2ncnc3c2nnn3-c2ccc(Cl)cc2)CC1. The number of anilines is 1. The molecule has 1 amide bonds. The van der Waals surface area contributed by atoms with Gasteiger partial charge in [-0.1, -0.05) is 30.7 Å². The second-order valence-corrected chi connectivity index (χ2v) is 7.75. The maximum atomic E-state index is 12.3. The number of benzene rings is 1. The van der Waals surface area contributed by atoms with Crippen molar-refractivity contribution in [1.29, 1.82) is 0 Å². The molecule has 1 fully saturated rings. The highest BCUT2D eigenvalue weighted by molar-refractivity contribution is 6.30. The van der Waals surface area contributed by atoms with Crippen LogP contribution in [0.15, 0.2) is 30.6 Å². The van der Waals surface area contributed by atoms with Crippen LogP contribution in [-0.4, -0.2) is 61.9 Å². The van der Waals surface area contributed by atoms with Crippen LogP contribution in [0.3, 0.4) is 0 Å². The Labute approximate surface area is 168 Å². The fourth-order valence-electron chi connectivity index (χ4n) is 3.37. The Hall–Kier alpha value is -2.74. The number of nitrogens with zero attached hydrogens (tertiary/aromatic N) is 7. The first kappa shape index (κ1) is 18.6. The van der Waals surface area contributed by atoms with Gasteiger partial charge in [0.2, 0.25) is 5.91 Å². The lowest BCUT2D eigenvalue weighted by Gasteiger charge is -2.35. The lowest BCUT2D eigenvalue weighted by Crippen LogP contribution is -2.49. The van der Waals surface area contributed by atoms with E-state index in [1.54, 1.807) is 16.8 Å². The van der Waals surface area contributed by atoms with Gasteiger partial charge in [0, 0.05) is 37.6 Å². The van der Waals surface area contributed by atoms with Crippen LogP contribution in [0.4, 0.5) is 5.82 Å². The predicted octanol–water partition coefficient (Wildman–Crippen LogP) is 2.56. The average molecular weight is 400 g/mol. The van der Waals surface area contributed by atoms with Gasteiger partial charge in [0.15, 0.2) is 17.0 Å². The Kier molecular flexibility index (Phi) is 5.13. The number of rotatable bonds is 4. The van der Waals surface area contributed by atoms with E-state index in [2.05, 4.69) is 39.0 Å². The third kappa shape index (κ3) is 3.64. The second kappa shape index (κ2) is 7.71. The number of piperazine rings is 1. The minimum absolute atomic E-state index is 0.219. The van der Waals surface area contributed by atoms with Crippen molar-refractivity contribution < 1.29 is 4.79 Å². The molecule has 1 aliphatic heterocycles. The molecule has 1 aliphatic rings. The number of hydrogen-bond acceptors (Lipinski definition) is 6. The molecule has 2 aromatic heterocycles. The minimum atomic E-state index is 0.219. The molecule has 0 unspecified atom stereocenters. The summed E-state index contributed by atoms with van der Waals surface area (Å²) >= 11 is 5.97. The zero-order valence-electron chi connectivity index (χ0n) is 15.9.